The lowest BCUT2D eigenvalue weighted by Gasteiger charge is -2.27. The molecule has 2 heterocycles. The molecule has 0 spiro atoms. The molecule has 1 atom stereocenters. The largest absolute Gasteiger partial charge is 0.453 e. The van der Waals surface area contributed by atoms with Crippen LogP contribution in [0.5, 0.6) is 0 Å². The van der Waals surface area contributed by atoms with Crippen molar-refractivity contribution in [3.63, 3.8) is 0 Å². The summed E-state index contributed by atoms with van der Waals surface area (Å²) in [6, 6.07) is 31.3. The van der Waals surface area contributed by atoms with Gasteiger partial charge in [-0.05, 0) is 70.0 Å². The minimum Gasteiger partial charge on any atom is -0.453 e. The zero-order valence-corrected chi connectivity index (χ0v) is 34.1. The third-order valence-corrected chi connectivity index (χ3v) is 10.4. The lowest BCUT2D eigenvalue weighted by molar-refractivity contribution is -0.134. The first-order chi connectivity index (χ1) is 29.2. The number of nitrogens with one attached hydrogen (secondary N) is 4. The van der Waals surface area contributed by atoms with E-state index in [9.17, 15) is 19.2 Å². The van der Waals surface area contributed by atoms with Gasteiger partial charge in [0, 0.05) is 24.0 Å². The van der Waals surface area contributed by atoms with E-state index in [1.165, 1.54) is 14.2 Å². The molecule has 4 amide bonds. The molecule has 2 aromatic heterocycles. The standard InChI is InChI=1S/C46H48N8O6/c1-5-20-53(41(55)26-48-45(57)59-3)27-39-47-25-38(50-39)35-15-14-31-22-30(12-13-32(31)24-35)33-16-18-36-34(23-33)17-19-37-43(36)51-40(49-37)28-54(21-6-2)44(56)42(52-46(58)60-4)29-10-8-7-9-11-29/h7-19,22-25,42H,5-6,20-21,26-28H2,1-4H3,(H,47,50)(H,48,57)(H,49,51)(H,52,58)/t42-/m1/s1. The molecule has 0 fully saturated rings. The van der Waals surface area contributed by atoms with Crippen molar-refractivity contribution in [2.45, 2.75) is 45.8 Å². The number of imidazole rings is 2. The van der Waals surface area contributed by atoms with E-state index in [4.69, 9.17) is 9.72 Å². The van der Waals surface area contributed by atoms with Crippen LogP contribution in [0.3, 0.4) is 0 Å². The molecular formula is C46H48N8O6. The maximum atomic E-state index is 13.9. The summed E-state index contributed by atoms with van der Waals surface area (Å²) in [5.74, 6) is 0.822. The Balaban J connectivity index is 1.07. The molecule has 0 bridgehead atoms. The molecule has 308 valence electrons. The topological polar surface area (TPSA) is 175 Å². The van der Waals surface area contributed by atoms with Gasteiger partial charge in [-0.1, -0.05) is 86.6 Å². The molecule has 0 aliphatic rings. The average Bonchev–Trinajstić information content (AvgIpc) is 3.93. The minimum absolute atomic E-state index is 0.152. The van der Waals surface area contributed by atoms with Gasteiger partial charge < -0.3 is 39.9 Å². The first kappa shape index (κ1) is 41.0. The number of H-pyrrole nitrogens is 2. The minimum atomic E-state index is -0.909. The van der Waals surface area contributed by atoms with E-state index in [2.05, 4.69) is 91.0 Å². The number of rotatable bonds is 15. The SMILES string of the molecule is CCCN(Cc1ncc(-c2ccc3cc(-c4ccc5c(ccc6[nH]c(CN(CCC)C(=O)[C@H](NC(=O)OC)c7ccccc7)nc65)c4)ccc3c2)[nH]1)C(=O)CNC(=O)OC. The van der Waals surface area contributed by atoms with Crippen molar-refractivity contribution < 1.29 is 28.7 Å². The Morgan fingerprint density at radius 2 is 1.33 bits per heavy atom. The normalized spacial score (nSPS) is 11.7. The summed E-state index contributed by atoms with van der Waals surface area (Å²) in [6.07, 6.45) is 1.92. The number of hydrogen-bond donors (Lipinski definition) is 4. The van der Waals surface area contributed by atoms with Crippen LogP contribution < -0.4 is 10.6 Å². The number of nitrogens with zero attached hydrogens (tertiary/aromatic N) is 4. The predicted molar refractivity (Wildman–Crippen MR) is 231 cm³/mol. The maximum Gasteiger partial charge on any atom is 0.407 e. The number of alkyl carbamates (subject to hydrolysis) is 2. The fourth-order valence-corrected chi connectivity index (χ4v) is 7.37. The van der Waals surface area contributed by atoms with E-state index in [1.54, 1.807) is 16.0 Å². The fourth-order valence-electron chi connectivity index (χ4n) is 7.37. The molecule has 5 aromatic carbocycles. The quantitative estimate of drug-likeness (QED) is 0.0810. The highest BCUT2D eigenvalue weighted by Gasteiger charge is 2.28. The number of methoxy groups -OCH3 is 2. The van der Waals surface area contributed by atoms with Crippen molar-refractivity contribution in [1.29, 1.82) is 0 Å². The molecular weight excluding hydrogens is 761 g/mol. The van der Waals surface area contributed by atoms with Gasteiger partial charge in [0.25, 0.3) is 0 Å². The first-order valence-electron chi connectivity index (χ1n) is 20.0. The summed E-state index contributed by atoms with van der Waals surface area (Å²) >= 11 is 0. The Bertz CT molecular complexity index is 2660. The molecule has 60 heavy (non-hydrogen) atoms. The van der Waals surface area contributed by atoms with Crippen LogP contribution in [0, 0.1) is 0 Å². The monoisotopic (exact) mass is 808 g/mol. The number of aromatic amines is 2. The zero-order valence-electron chi connectivity index (χ0n) is 34.1. The van der Waals surface area contributed by atoms with Crippen LogP contribution in [0.2, 0.25) is 0 Å². The summed E-state index contributed by atoms with van der Waals surface area (Å²) in [6.45, 7) is 5.37. The summed E-state index contributed by atoms with van der Waals surface area (Å²) in [7, 11) is 2.53. The summed E-state index contributed by atoms with van der Waals surface area (Å²) in [5, 5.41) is 9.34. The molecule has 14 nitrogen and oxygen atoms in total. The van der Waals surface area contributed by atoms with Crippen molar-refractivity contribution in [2.24, 2.45) is 0 Å². The zero-order chi connectivity index (χ0) is 42.2. The molecule has 14 heteroatoms. The van der Waals surface area contributed by atoms with Gasteiger partial charge in [-0.2, -0.15) is 0 Å². The number of carbonyl (C=O) groups excluding carboxylic acids is 4. The third-order valence-electron chi connectivity index (χ3n) is 10.4. The van der Waals surface area contributed by atoms with E-state index in [0.717, 1.165) is 67.8 Å². The Kier molecular flexibility index (Phi) is 12.7. The smallest absolute Gasteiger partial charge is 0.407 e. The highest BCUT2D eigenvalue weighted by Crippen LogP contribution is 2.32. The predicted octanol–water partition coefficient (Wildman–Crippen LogP) is 7.86. The Morgan fingerprint density at radius 3 is 2.05 bits per heavy atom. The number of amides is 4. The fraction of sp³-hybridized carbons (Fsp3) is 0.261. The summed E-state index contributed by atoms with van der Waals surface area (Å²) in [4.78, 5) is 70.1. The van der Waals surface area contributed by atoms with Crippen molar-refractivity contribution in [2.75, 3.05) is 33.9 Å². The molecule has 7 rings (SSSR count). The number of carbonyl (C=O) groups is 4. The van der Waals surface area contributed by atoms with E-state index >= 15 is 0 Å². The number of fused-ring (bicyclic) bond motifs is 4. The van der Waals surface area contributed by atoms with Gasteiger partial charge in [-0.25, -0.2) is 19.6 Å². The van der Waals surface area contributed by atoms with E-state index in [-0.39, 0.29) is 31.4 Å². The van der Waals surface area contributed by atoms with Crippen LogP contribution >= 0.6 is 0 Å². The van der Waals surface area contributed by atoms with Gasteiger partial charge in [0.05, 0.1) is 50.2 Å². The second-order valence-corrected chi connectivity index (χ2v) is 14.5. The van der Waals surface area contributed by atoms with Crippen LogP contribution in [0.25, 0.3) is 55.0 Å². The van der Waals surface area contributed by atoms with Gasteiger partial charge in [0.1, 0.15) is 24.2 Å². The van der Waals surface area contributed by atoms with Crippen LogP contribution in [0.1, 0.15) is 49.9 Å². The summed E-state index contributed by atoms with van der Waals surface area (Å²) in [5.41, 5.74) is 6.31. The van der Waals surface area contributed by atoms with Crippen molar-refractivity contribution >= 4 is 56.6 Å². The van der Waals surface area contributed by atoms with Crippen molar-refractivity contribution in [3.05, 3.63) is 120 Å². The molecule has 0 aliphatic carbocycles. The second kappa shape index (κ2) is 18.6. The Morgan fingerprint density at radius 1 is 0.700 bits per heavy atom. The van der Waals surface area contributed by atoms with Gasteiger partial charge in [0.15, 0.2) is 0 Å². The number of ether oxygens (including phenoxy) is 2. The molecule has 7 aromatic rings. The number of hydrogen-bond acceptors (Lipinski definition) is 8. The number of benzene rings is 5. The van der Waals surface area contributed by atoms with E-state index < -0.39 is 18.2 Å². The molecule has 0 radical (unpaired) electrons. The van der Waals surface area contributed by atoms with Crippen LogP contribution in [0.4, 0.5) is 9.59 Å². The highest BCUT2D eigenvalue weighted by molar-refractivity contribution is 6.05. The summed E-state index contributed by atoms with van der Waals surface area (Å²) < 4.78 is 9.42. The lowest BCUT2D eigenvalue weighted by atomic mass is 9.97. The van der Waals surface area contributed by atoms with Crippen molar-refractivity contribution in [1.82, 2.24) is 40.4 Å². The van der Waals surface area contributed by atoms with E-state index in [0.29, 0.717) is 30.3 Å². The van der Waals surface area contributed by atoms with E-state index in [1.807, 2.05) is 50.2 Å². The van der Waals surface area contributed by atoms with Gasteiger partial charge in [-0.15, -0.1) is 0 Å². The third kappa shape index (κ3) is 9.23. The van der Waals surface area contributed by atoms with Gasteiger partial charge in [0.2, 0.25) is 11.8 Å². The Hall–Kier alpha value is -7.22. The second-order valence-electron chi connectivity index (χ2n) is 14.5. The van der Waals surface area contributed by atoms with Gasteiger partial charge in [-0.3, -0.25) is 9.59 Å². The van der Waals surface area contributed by atoms with Crippen LogP contribution in [-0.4, -0.2) is 87.6 Å². The lowest BCUT2D eigenvalue weighted by Crippen LogP contribution is -2.43. The Labute approximate surface area is 347 Å². The molecule has 0 saturated heterocycles. The molecule has 0 aliphatic heterocycles. The maximum absolute atomic E-state index is 13.9. The first-order valence-corrected chi connectivity index (χ1v) is 20.0. The van der Waals surface area contributed by atoms with Crippen LogP contribution in [-0.2, 0) is 32.2 Å². The number of aromatic nitrogens is 4. The molecule has 0 saturated carbocycles. The highest BCUT2D eigenvalue weighted by atomic mass is 16.5. The van der Waals surface area contributed by atoms with Gasteiger partial charge >= 0.3 is 12.2 Å². The molecule has 4 N–H and O–H groups in total. The van der Waals surface area contributed by atoms with Crippen LogP contribution in [0.15, 0.2) is 103 Å². The molecule has 0 unspecified atom stereocenters. The van der Waals surface area contributed by atoms with Crippen molar-refractivity contribution in [3.8, 4) is 22.4 Å². The average molecular weight is 809 g/mol.